The van der Waals surface area contributed by atoms with Crippen LogP contribution >= 0.6 is 0 Å². The Kier molecular flexibility index (Phi) is 11.0. The topological polar surface area (TPSA) is 105 Å². The van der Waals surface area contributed by atoms with Crippen molar-refractivity contribution in [2.45, 2.75) is 57.4 Å². The number of hydrogen-bond donors (Lipinski definition) is 2. The van der Waals surface area contributed by atoms with Crippen molar-refractivity contribution in [1.29, 1.82) is 0 Å². The van der Waals surface area contributed by atoms with E-state index in [9.17, 15) is 27.6 Å². The summed E-state index contributed by atoms with van der Waals surface area (Å²) in [6.45, 7) is 3.87. The highest BCUT2D eigenvalue weighted by atomic mass is 19.4. The second-order valence-corrected chi connectivity index (χ2v) is 13.5. The number of fused-ring (bicyclic) bond motifs is 1. The number of halogens is 3. The summed E-state index contributed by atoms with van der Waals surface area (Å²) in [5, 5.41) is 2.93. The summed E-state index contributed by atoms with van der Waals surface area (Å²) in [6.07, 6.45) is 0.514. The van der Waals surface area contributed by atoms with Gasteiger partial charge in [-0.3, -0.25) is 14.4 Å². The molecule has 3 N–H and O–H groups in total. The van der Waals surface area contributed by atoms with Gasteiger partial charge in [0.15, 0.2) is 0 Å². The molecule has 1 heterocycles. The number of carbonyl (C=O) groups excluding carboxylic acids is 3. The van der Waals surface area contributed by atoms with Crippen molar-refractivity contribution >= 4 is 29.1 Å². The van der Waals surface area contributed by atoms with Crippen molar-refractivity contribution in [3.05, 3.63) is 138 Å². The number of rotatable bonds is 12. The Morgan fingerprint density at radius 1 is 0.885 bits per heavy atom. The van der Waals surface area contributed by atoms with Gasteiger partial charge in [0.1, 0.15) is 0 Å². The molecule has 4 aromatic carbocycles. The maximum absolute atomic E-state index is 14.7. The number of nitrogens with zero attached hydrogens (tertiary/aromatic N) is 2. The number of amides is 3. The molecule has 1 aliphatic carbocycles. The quantitative estimate of drug-likeness (QED) is 0.146. The summed E-state index contributed by atoms with van der Waals surface area (Å²) in [7, 11) is 0. The number of allylic oxidation sites excluding steroid dienone is 1. The number of primary amides is 1. The van der Waals surface area contributed by atoms with Crippen molar-refractivity contribution in [2.75, 3.05) is 4.90 Å². The molecule has 3 atom stereocenters. The van der Waals surface area contributed by atoms with Crippen LogP contribution in [0, 0.1) is 17.8 Å². The summed E-state index contributed by atoms with van der Waals surface area (Å²) in [4.78, 5) is 48.2. The van der Waals surface area contributed by atoms with Crippen molar-refractivity contribution in [1.82, 2.24) is 5.32 Å². The standard InChI is InChI=1S/C42H41F3N4O3/c1-2-11-33(38(46)50)35(25-27-12-6-7-13-27)40(51)48-39-41(52)49(36-19-9-8-18-34(36)37(47-39)30-15-4-3-5-16-30)26-28-14-10-17-31(24-28)29-20-22-32(23-21-29)42(43,44)45/h2-5,8-10,14-24,27,33,35,39H,1,6-7,11-13,25-26H2,(H2,46,50)(H,48,51)/t33-,35+,39?/m0/s1. The lowest BCUT2D eigenvalue weighted by Gasteiger charge is -2.29. The third kappa shape index (κ3) is 8.17. The number of nitrogens with two attached hydrogens (primary N) is 1. The third-order valence-electron chi connectivity index (χ3n) is 10.0. The number of nitrogens with one attached hydrogen (secondary N) is 1. The summed E-state index contributed by atoms with van der Waals surface area (Å²) in [5.74, 6) is -2.86. The zero-order valence-corrected chi connectivity index (χ0v) is 28.7. The minimum absolute atomic E-state index is 0.0835. The Bertz CT molecular complexity index is 1950. The molecule has 0 saturated heterocycles. The molecule has 1 aliphatic heterocycles. The Morgan fingerprint density at radius 2 is 1.56 bits per heavy atom. The Hall–Kier alpha value is -5.51. The zero-order valence-electron chi connectivity index (χ0n) is 28.7. The van der Waals surface area contributed by atoms with Crippen LogP contribution in [-0.2, 0) is 27.1 Å². The van der Waals surface area contributed by atoms with Crippen molar-refractivity contribution < 1.29 is 27.6 Å². The Labute approximate surface area is 301 Å². The van der Waals surface area contributed by atoms with Crippen molar-refractivity contribution in [3.8, 4) is 11.1 Å². The fourth-order valence-electron chi connectivity index (χ4n) is 7.36. The maximum Gasteiger partial charge on any atom is 0.416 e. The Balaban J connectivity index is 1.38. The minimum atomic E-state index is -4.45. The van der Waals surface area contributed by atoms with Crippen LogP contribution in [0.2, 0.25) is 0 Å². The Morgan fingerprint density at radius 3 is 2.23 bits per heavy atom. The van der Waals surface area contributed by atoms with Gasteiger partial charge in [0.05, 0.1) is 35.3 Å². The lowest BCUT2D eigenvalue weighted by molar-refractivity contribution is -0.137. The van der Waals surface area contributed by atoms with Gasteiger partial charge in [0.2, 0.25) is 18.0 Å². The molecule has 6 rings (SSSR count). The molecule has 0 spiro atoms. The number of carbonyl (C=O) groups is 3. The van der Waals surface area contributed by atoms with E-state index in [1.165, 1.54) is 12.1 Å². The number of hydrogen-bond acceptors (Lipinski definition) is 4. The summed E-state index contributed by atoms with van der Waals surface area (Å²) < 4.78 is 39.7. The monoisotopic (exact) mass is 706 g/mol. The molecule has 4 aromatic rings. The molecular weight excluding hydrogens is 665 g/mol. The highest BCUT2D eigenvalue weighted by molar-refractivity contribution is 6.20. The van der Waals surface area contributed by atoms with E-state index in [0.29, 0.717) is 40.1 Å². The molecule has 10 heteroatoms. The first-order chi connectivity index (χ1) is 25.0. The second-order valence-electron chi connectivity index (χ2n) is 13.5. The van der Waals surface area contributed by atoms with Gasteiger partial charge in [-0.15, -0.1) is 6.58 Å². The molecular formula is C42H41F3N4O3. The van der Waals surface area contributed by atoms with Gasteiger partial charge in [0.25, 0.3) is 5.91 Å². The lowest BCUT2D eigenvalue weighted by Crippen LogP contribution is -2.50. The first-order valence-electron chi connectivity index (χ1n) is 17.5. The molecule has 1 fully saturated rings. The van der Waals surface area contributed by atoms with Crippen molar-refractivity contribution in [3.63, 3.8) is 0 Å². The third-order valence-corrected chi connectivity index (χ3v) is 10.0. The van der Waals surface area contributed by atoms with Crippen LogP contribution in [0.3, 0.4) is 0 Å². The maximum atomic E-state index is 14.7. The summed E-state index contributed by atoms with van der Waals surface area (Å²) >= 11 is 0. The smallest absolute Gasteiger partial charge is 0.369 e. The number of aliphatic imine (C=N–C) groups is 1. The van der Waals surface area contributed by atoms with E-state index < -0.39 is 47.5 Å². The van der Waals surface area contributed by atoms with Gasteiger partial charge in [-0.25, -0.2) is 4.99 Å². The first-order valence-corrected chi connectivity index (χ1v) is 17.5. The average Bonchev–Trinajstić information content (AvgIpc) is 3.63. The highest BCUT2D eigenvalue weighted by Crippen LogP contribution is 2.36. The van der Waals surface area contributed by atoms with Crippen LogP contribution in [-0.4, -0.2) is 29.6 Å². The van der Waals surface area contributed by atoms with Crippen LogP contribution in [0.15, 0.2) is 121 Å². The number of para-hydroxylation sites is 1. The molecule has 268 valence electrons. The molecule has 3 amide bonds. The first kappa shape index (κ1) is 36.3. The van der Waals surface area contributed by atoms with Gasteiger partial charge >= 0.3 is 6.18 Å². The van der Waals surface area contributed by atoms with E-state index in [1.54, 1.807) is 23.1 Å². The SMILES string of the molecule is C=CC[C@H](C(N)=O)[C@@H](CC1CCCC1)C(=O)NC1N=C(c2ccccc2)c2ccccc2N(Cc2cccc(-c3ccc(C(F)(F)F)cc3)c2)C1=O. The number of alkyl halides is 3. The normalized spacial score (nSPS) is 17.4. The molecule has 2 aliphatic rings. The van der Waals surface area contributed by atoms with Gasteiger partial charge in [-0.1, -0.05) is 111 Å². The second kappa shape index (κ2) is 15.8. The van der Waals surface area contributed by atoms with E-state index >= 15 is 0 Å². The fraction of sp³-hybridized carbons (Fsp3) is 0.286. The van der Waals surface area contributed by atoms with Crippen LogP contribution in [0.1, 0.15) is 60.8 Å². The van der Waals surface area contributed by atoms with Crippen molar-refractivity contribution in [2.24, 2.45) is 28.5 Å². The number of anilines is 1. The van der Waals surface area contributed by atoms with E-state index in [2.05, 4.69) is 11.9 Å². The van der Waals surface area contributed by atoms with Gasteiger partial charge < -0.3 is 16.0 Å². The largest absolute Gasteiger partial charge is 0.416 e. The van der Waals surface area contributed by atoms with E-state index in [4.69, 9.17) is 10.7 Å². The molecule has 52 heavy (non-hydrogen) atoms. The zero-order chi connectivity index (χ0) is 36.8. The van der Waals surface area contributed by atoms with Crippen LogP contribution in [0.5, 0.6) is 0 Å². The average molecular weight is 707 g/mol. The molecule has 7 nitrogen and oxygen atoms in total. The molecule has 0 radical (unpaired) electrons. The number of benzene rings is 4. The summed E-state index contributed by atoms with van der Waals surface area (Å²) in [5.41, 5.74) is 9.62. The van der Waals surface area contributed by atoms with E-state index in [1.807, 2.05) is 66.7 Å². The van der Waals surface area contributed by atoms with Crippen LogP contribution in [0.25, 0.3) is 11.1 Å². The number of benzodiazepines with no additional fused rings is 1. The predicted molar refractivity (Wildman–Crippen MR) is 196 cm³/mol. The lowest BCUT2D eigenvalue weighted by atomic mass is 9.80. The molecule has 1 unspecified atom stereocenters. The van der Waals surface area contributed by atoms with Crippen LogP contribution in [0.4, 0.5) is 18.9 Å². The van der Waals surface area contributed by atoms with E-state index in [-0.39, 0.29) is 18.9 Å². The summed E-state index contributed by atoms with van der Waals surface area (Å²) in [6, 6.07) is 29.0. The highest BCUT2D eigenvalue weighted by Gasteiger charge is 2.39. The molecule has 0 aromatic heterocycles. The molecule has 0 bridgehead atoms. The fourth-order valence-corrected chi connectivity index (χ4v) is 7.36. The van der Waals surface area contributed by atoms with Gasteiger partial charge in [-0.05, 0) is 59.7 Å². The minimum Gasteiger partial charge on any atom is -0.369 e. The van der Waals surface area contributed by atoms with Crippen LogP contribution < -0.4 is 16.0 Å². The predicted octanol–water partition coefficient (Wildman–Crippen LogP) is 8.07. The van der Waals surface area contributed by atoms with Gasteiger partial charge in [0, 0.05) is 11.1 Å². The van der Waals surface area contributed by atoms with E-state index in [0.717, 1.165) is 43.4 Å². The van der Waals surface area contributed by atoms with Gasteiger partial charge in [-0.2, -0.15) is 13.2 Å². The molecule has 1 saturated carbocycles.